The first-order valence-corrected chi connectivity index (χ1v) is 8.56. The highest BCUT2D eigenvalue weighted by Gasteiger charge is 2.35. The van der Waals surface area contributed by atoms with E-state index in [1.54, 1.807) is 6.08 Å². The van der Waals surface area contributed by atoms with Gasteiger partial charge in [-0.25, -0.2) is 0 Å². The summed E-state index contributed by atoms with van der Waals surface area (Å²) in [6, 6.07) is 6.11. The topological polar surface area (TPSA) is 56.1 Å². The van der Waals surface area contributed by atoms with Gasteiger partial charge in [0.2, 0.25) is 5.91 Å². The second-order valence-corrected chi connectivity index (χ2v) is 7.41. The van der Waals surface area contributed by atoms with Crippen LogP contribution in [0.1, 0.15) is 30.6 Å². The van der Waals surface area contributed by atoms with Crippen molar-refractivity contribution in [2.75, 3.05) is 13.1 Å². The number of carbonyl (C=O) groups is 1. The van der Waals surface area contributed by atoms with E-state index in [0.29, 0.717) is 13.1 Å². The molecule has 0 saturated heterocycles. The van der Waals surface area contributed by atoms with Crippen LogP contribution >= 0.6 is 22.9 Å². The van der Waals surface area contributed by atoms with Crippen LogP contribution in [0.25, 0.3) is 0 Å². The third-order valence-corrected chi connectivity index (χ3v) is 5.03. The third kappa shape index (κ3) is 4.57. The summed E-state index contributed by atoms with van der Waals surface area (Å²) in [4.78, 5) is 15.4. The highest BCUT2D eigenvalue weighted by atomic mass is 35.5. The van der Waals surface area contributed by atoms with Crippen molar-refractivity contribution < 1.29 is 4.79 Å². The molecule has 1 saturated carbocycles. The number of hydrogen-bond acceptors (Lipinski definition) is 4. The minimum absolute atomic E-state index is 0.104. The second-order valence-electron chi connectivity index (χ2n) is 5.61. The van der Waals surface area contributed by atoms with Crippen LogP contribution in [-0.2, 0) is 11.3 Å². The molecule has 1 aromatic heterocycles. The normalized spacial score (nSPS) is 16.4. The zero-order chi connectivity index (χ0) is 16.0. The van der Waals surface area contributed by atoms with Gasteiger partial charge in [0.05, 0.1) is 17.0 Å². The molecule has 0 bridgehead atoms. The van der Waals surface area contributed by atoms with Crippen molar-refractivity contribution in [2.24, 2.45) is 0 Å². The molecule has 1 fully saturated rings. The van der Waals surface area contributed by atoms with Crippen LogP contribution in [0.4, 0.5) is 0 Å². The van der Waals surface area contributed by atoms with Gasteiger partial charge in [-0.15, -0.1) is 17.9 Å². The fourth-order valence-electron chi connectivity index (χ4n) is 2.78. The summed E-state index contributed by atoms with van der Waals surface area (Å²) < 4.78 is 0.743. The van der Waals surface area contributed by atoms with Crippen molar-refractivity contribution in [3.8, 4) is 6.07 Å². The van der Waals surface area contributed by atoms with E-state index in [4.69, 9.17) is 11.6 Å². The fraction of sp³-hybridized carbons (Fsp3) is 0.500. The van der Waals surface area contributed by atoms with Gasteiger partial charge < -0.3 is 5.32 Å². The molecule has 0 aliphatic heterocycles. The van der Waals surface area contributed by atoms with Gasteiger partial charge in [0.15, 0.2) is 0 Å². The smallest absolute Gasteiger partial charge is 0.235 e. The first kappa shape index (κ1) is 17.0. The Morgan fingerprint density at radius 1 is 1.55 bits per heavy atom. The van der Waals surface area contributed by atoms with Gasteiger partial charge in [0, 0.05) is 18.0 Å². The maximum absolute atomic E-state index is 12.3. The molecular formula is C16H20ClN3OS. The molecule has 118 valence electrons. The predicted octanol–water partition coefficient (Wildman–Crippen LogP) is 3.34. The van der Waals surface area contributed by atoms with Crippen molar-refractivity contribution >= 4 is 28.8 Å². The Balaban J connectivity index is 1.93. The molecule has 4 nitrogen and oxygen atoms in total. The van der Waals surface area contributed by atoms with E-state index in [1.807, 2.05) is 17.0 Å². The molecule has 0 unspecified atom stereocenters. The summed E-state index contributed by atoms with van der Waals surface area (Å²) in [5.74, 6) is -0.104. The van der Waals surface area contributed by atoms with Crippen LogP contribution in [0.15, 0.2) is 24.8 Å². The summed E-state index contributed by atoms with van der Waals surface area (Å²) in [5, 5.41) is 12.3. The van der Waals surface area contributed by atoms with Crippen LogP contribution in [0, 0.1) is 11.3 Å². The number of thiophene rings is 1. The molecule has 0 spiro atoms. The number of nitrogens with one attached hydrogen (secondary N) is 1. The van der Waals surface area contributed by atoms with E-state index in [2.05, 4.69) is 18.0 Å². The first-order chi connectivity index (χ1) is 10.6. The Hall–Kier alpha value is -1.35. The largest absolute Gasteiger partial charge is 0.337 e. The monoisotopic (exact) mass is 337 g/mol. The van der Waals surface area contributed by atoms with Gasteiger partial charge in [0.1, 0.15) is 5.54 Å². The van der Waals surface area contributed by atoms with E-state index < -0.39 is 5.54 Å². The third-order valence-electron chi connectivity index (χ3n) is 3.81. The Labute approximate surface area is 140 Å². The molecule has 1 aliphatic carbocycles. The molecule has 22 heavy (non-hydrogen) atoms. The van der Waals surface area contributed by atoms with E-state index in [0.717, 1.165) is 34.9 Å². The lowest BCUT2D eigenvalue weighted by Gasteiger charge is -2.25. The molecule has 0 aromatic carbocycles. The van der Waals surface area contributed by atoms with Crippen molar-refractivity contribution in [3.63, 3.8) is 0 Å². The summed E-state index contributed by atoms with van der Waals surface area (Å²) in [6.07, 6.45) is 5.27. The Morgan fingerprint density at radius 2 is 2.27 bits per heavy atom. The zero-order valence-electron chi connectivity index (χ0n) is 12.5. The summed E-state index contributed by atoms with van der Waals surface area (Å²) >= 11 is 7.45. The lowest BCUT2D eigenvalue weighted by molar-refractivity contribution is -0.123. The molecule has 0 radical (unpaired) electrons. The number of amides is 1. The molecule has 1 aliphatic rings. The number of carbonyl (C=O) groups excluding carboxylic acids is 1. The summed E-state index contributed by atoms with van der Waals surface area (Å²) in [7, 11) is 0. The molecule has 1 aromatic rings. The summed E-state index contributed by atoms with van der Waals surface area (Å²) in [6.45, 7) is 5.26. The van der Waals surface area contributed by atoms with Crippen LogP contribution in [0.2, 0.25) is 4.34 Å². The highest BCUT2D eigenvalue weighted by Crippen LogP contribution is 2.29. The van der Waals surface area contributed by atoms with E-state index in [1.165, 1.54) is 11.3 Å². The Bertz CT molecular complexity index is 572. The second kappa shape index (κ2) is 7.77. The molecule has 0 atom stereocenters. The minimum Gasteiger partial charge on any atom is -0.337 e. The standard InChI is InChI=1S/C16H20ClN3OS/c1-2-9-20(10-13-5-6-14(17)22-13)11-15(21)19-16(12-18)7-3-4-8-16/h2,5-6H,1,3-4,7-11H2,(H,19,21). The predicted molar refractivity (Wildman–Crippen MR) is 89.8 cm³/mol. The van der Waals surface area contributed by atoms with Gasteiger partial charge in [-0.2, -0.15) is 5.26 Å². The average Bonchev–Trinajstić information content (AvgIpc) is 3.09. The van der Waals surface area contributed by atoms with Crippen molar-refractivity contribution in [2.45, 2.75) is 37.8 Å². The van der Waals surface area contributed by atoms with Crippen LogP contribution in [0.5, 0.6) is 0 Å². The maximum atomic E-state index is 12.3. The molecule has 2 rings (SSSR count). The first-order valence-electron chi connectivity index (χ1n) is 7.37. The maximum Gasteiger partial charge on any atom is 0.235 e. The van der Waals surface area contributed by atoms with Gasteiger partial charge >= 0.3 is 0 Å². The van der Waals surface area contributed by atoms with E-state index in [9.17, 15) is 10.1 Å². The van der Waals surface area contributed by atoms with Crippen molar-refractivity contribution in [3.05, 3.63) is 34.0 Å². The molecule has 1 heterocycles. The van der Waals surface area contributed by atoms with Gasteiger partial charge in [-0.05, 0) is 37.8 Å². The van der Waals surface area contributed by atoms with E-state index in [-0.39, 0.29) is 12.5 Å². The quantitative estimate of drug-likeness (QED) is 0.776. The highest BCUT2D eigenvalue weighted by molar-refractivity contribution is 7.16. The van der Waals surface area contributed by atoms with Crippen LogP contribution in [0.3, 0.4) is 0 Å². The molecular weight excluding hydrogens is 318 g/mol. The number of nitrogens with zero attached hydrogens (tertiary/aromatic N) is 2. The molecule has 1 amide bonds. The van der Waals surface area contributed by atoms with Crippen molar-refractivity contribution in [1.29, 1.82) is 5.26 Å². The van der Waals surface area contributed by atoms with Gasteiger partial charge in [0.25, 0.3) is 0 Å². The number of nitriles is 1. The van der Waals surface area contributed by atoms with Crippen LogP contribution in [-0.4, -0.2) is 29.4 Å². The number of hydrogen-bond donors (Lipinski definition) is 1. The SMILES string of the molecule is C=CCN(CC(=O)NC1(C#N)CCCC1)Cc1ccc(Cl)s1. The number of halogens is 1. The van der Waals surface area contributed by atoms with Gasteiger partial charge in [-0.3, -0.25) is 9.69 Å². The van der Waals surface area contributed by atoms with Crippen LogP contribution < -0.4 is 5.32 Å². The molecule has 6 heteroatoms. The molecule has 1 N–H and O–H groups in total. The zero-order valence-corrected chi connectivity index (χ0v) is 14.1. The minimum atomic E-state index is -0.664. The van der Waals surface area contributed by atoms with Crippen molar-refractivity contribution in [1.82, 2.24) is 10.2 Å². The lowest BCUT2D eigenvalue weighted by atomic mass is 10.00. The lowest BCUT2D eigenvalue weighted by Crippen LogP contribution is -2.48. The Morgan fingerprint density at radius 3 is 2.82 bits per heavy atom. The van der Waals surface area contributed by atoms with E-state index >= 15 is 0 Å². The Kier molecular flexibility index (Phi) is 6.01. The fourth-order valence-corrected chi connectivity index (χ4v) is 3.91. The number of rotatable bonds is 7. The summed E-state index contributed by atoms with van der Waals surface area (Å²) in [5.41, 5.74) is -0.664. The van der Waals surface area contributed by atoms with Gasteiger partial charge in [-0.1, -0.05) is 17.7 Å². The average molecular weight is 338 g/mol.